The van der Waals surface area contributed by atoms with Gasteiger partial charge in [-0.05, 0) is 17.8 Å². The van der Waals surface area contributed by atoms with E-state index in [4.69, 9.17) is 17.0 Å². The summed E-state index contributed by atoms with van der Waals surface area (Å²) in [6, 6.07) is 9.87. The van der Waals surface area contributed by atoms with Crippen LogP contribution in [0.1, 0.15) is 12.0 Å². The van der Waals surface area contributed by atoms with Crippen molar-refractivity contribution in [3.05, 3.63) is 42.0 Å². The lowest BCUT2D eigenvalue weighted by Crippen LogP contribution is -2.30. The van der Waals surface area contributed by atoms with E-state index in [1.54, 1.807) is 0 Å². The minimum absolute atomic E-state index is 0.0142. The molecule has 88 valence electrons. The van der Waals surface area contributed by atoms with Gasteiger partial charge in [0.05, 0.1) is 6.54 Å². The molecule has 0 unspecified atom stereocenters. The summed E-state index contributed by atoms with van der Waals surface area (Å²) in [5.74, 6) is -0.0142. The van der Waals surface area contributed by atoms with E-state index in [9.17, 15) is 4.79 Å². The van der Waals surface area contributed by atoms with E-state index in [1.807, 2.05) is 42.5 Å². The van der Waals surface area contributed by atoms with Crippen LogP contribution in [0, 0.1) is 0 Å². The monoisotopic (exact) mass is 247 g/mol. The summed E-state index contributed by atoms with van der Waals surface area (Å²) >= 11 is 4.92. The predicted octanol–water partition coefficient (Wildman–Crippen LogP) is 2.23. The summed E-state index contributed by atoms with van der Waals surface area (Å²) in [5.41, 5.74) is 1.08. The summed E-state index contributed by atoms with van der Waals surface area (Å²) in [6.07, 6.45) is 4.12. The molecule has 0 radical (unpaired) electrons. The zero-order valence-corrected chi connectivity index (χ0v) is 10.2. The van der Waals surface area contributed by atoms with Crippen molar-refractivity contribution in [2.75, 3.05) is 13.2 Å². The fraction of sp³-hybridized carbons (Fsp3) is 0.231. The average Bonchev–Trinajstić information content (AvgIpc) is 2.77. The Morgan fingerprint density at radius 2 is 2.18 bits per heavy atom. The van der Waals surface area contributed by atoms with Gasteiger partial charge in [-0.1, -0.05) is 42.5 Å². The molecule has 2 rings (SSSR count). The molecule has 17 heavy (non-hydrogen) atoms. The Kier molecular flexibility index (Phi) is 3.88. The minimum Gasteiger partial charge on any atom is -0.469 e. The van der Waals surface area contributed by atoms with Gasteiger partial charge >= 0.3 is 0 Å². The number of rotatable bonds is 3. The first-order valence-electron chi connectivity index (χ1n) is 5.46. The molecule has 0 atom stereocenters. The zero-order chi connectivity index (χ0) is 12.1. The largest absolute Gasteiger partial charge is 0.469 e. The lowest BCUT2D eigenvalue weighted by Gasteiger charge is -2.10. The van der Waals surface area contributed by atoms with Crippen LogP contribution >= 0.6 is 12.2 Å². The van der Waals surface area contributed by atoms with E-state index in [2.05, 4.69) is 0 Å². The van der Waals surface area contributed by atoms with Crippen molar-refractivity contribution < 1.29 is 9.53 Å². The zero-order valence-electron chi connectivity index (χ0n) is 9.33. The third-order valence-electron chi connectivity index (χ3n) is 2.46. The molecule has 1 aromatic carbocycles. The van der Waals surface area contributed by atoms with Gasteiger partial charge in [0.25, 0.3) is 5.17 Å². The van der Waals surface area contributed by atoms with E-state index >= 15 is 0 Å². The molecule has 1 saturated heterocycles. The number of hydrogen-bond donors (Lipinski definition) is 0. The van der Waals surface area contributed by atoms with Crippen LogP contribution in [0.4, 0.5) is 0 Å². The number of benzene rings is 1. The molecule has 1 heterocycles. The SMILES string of the molecule is O=C(C/C=C/c1ccccc1)N1CCOC1=S. The average molecular weight is 247 g/mol. The molecule has 1 aliphatic rings. The van der Waals surface area contributed by atoms with Gasteiger partial charge in [-0.3, -0.25) is 9.69 Å². The molecule has 4 heteroatoms. The summed E-state index contributed by atoms with van der Waals surface area (Å²) in [5, 5.41) is 0.295. The van der Waals surface area contributed by atoms with Gasteiger partial charge in [-0.2, -0.15) is 0 Å². The molecule has 1 aromatic rings. The van der Waals surface area contributed by atoms with Crippen LogP contribution < -0.4 is 0 Å². The molecule has 0 aliphatic carbocycles. The minimum atomic E-state index is -0.0142. The quantitative estimate of drug-likeness (QED) is 0.767. The third-order valence-corrected chi connectivity index (χ3v) is 2.80. The first-order chi connectivity index (χ1) is 8.27. The van der Waals surface area contributed by atoms with Gasteiger partial charge in [0.1, 0.15) is 6.61 Å². The molecule has 0 bridgehead atoms. The predicted molar refractivity (Wildman–Crippen MR) is 70.4 cm³/mol. The maximum Gasteiger partial charge on any atom is 0.266 e. The highest BCUT2D eigenvalue weighted by molar-refractivity contribution is 7.80. The Morgan fingerprint density at radius 1 is 1.41 bits per heavy atom. The fourth-order valence-corrected chi connectivity index (χ4v) is 1.87. The number of thiocarbonyl (C=S) groups is 1. The normalized spacial score (nSPS) is 15.3. The number of carbonyl (C=O) groups excluding carboxylic acids is 1. The summed E-state index contributed by atoms with van der Waals surface area (Å²) < 4.78 is 5.06. The van der Waals surface area contributed by atoms with E-state index < -0.39 is 0 Å². The van der Waals surface area contributed by atoms with E-state index in [1.165, 1.54) is 4.90 Å². The maximum absolute atomic E-state index is 11.8. The van der Waals surface area contributed by atoms with Gasteiger partial charge in [-0.25, -0.2) is 0 Å². The third kappa shape index (κ3) is 3.14. The van der Waals surface area contributed by atoms with Gasteiger partial charge in [0, 0.05) is 6.42 Å². The number of ether oxygens (including phenoxy) is 1. The highest BCUT2D eigenvalue weighted by atomic mass is 32.1. The van der Waals surface area contributed by atoms with Crippen molar-refractivity contribution in [2.45, 2.75) is 6.42 Å². The molecule has 0 saturated carbocycles. The Balaban J connectivity index is 1.88. The molecule has 1 fully saturated rings. The summed E-state index contributed by atoms with van der Waals surface area (Å²) in [7, 11) is 0. The Hall–Kier alpha value is -1.68. The van der Waals surface area contributed by atoms with Crippen LogP contribution in [0.2, 0.25) is 0 Å². The summed E-state index contributed by atoms with van der Waals surface area (Å²) in [6.45, 7) is 1.07. The lowest BCUT2D eigenvalue weighted by molar-refractivity contribution is -0.126. The second-order valence-corrected chi connectivity index (χ2v) is 4.03. The smallest absolute Gasteiger partial charge is 0.266 e. The van der Waals surface area contributed by atoms with Crippen LogP contribution in [0.5, 0.6) is 0 Å². The number of amides is 1. The van der Waals surface area contributed by atoms with Crippen molar-refractivity contribution in [3.63, 3.8) is 0 Å². The van der Waals surface area contributed by atoms with Crippen molar-refractivity contribution in [2.24, 2.45) is 0 Å². The van der Waals surface area contributed by atoms with Crippen molar-refractivity contribution in [3.8, 4) is 0 Å². The maximum atomic E-state index is 11.8. The number of carbonyl (C=O) groups is 1. The van der Waals surface area contributed by atoms with Gasteiger partial charge in [0.2, 0.25) is 5.91 Å². The van der Waals surface area contributed by atoms with Gasteiger partial charge in [-0.15, -0.1) is 0 Å². The molecule has 0 N–H and O–H groups in total. The number of nitrogens with zero attached hydrogens (tertiary/aromatic N) is 1. The van der Waals surface area contributed by atoms with Crippen LogP contribution in [0.3, 0.4) is 0 Å². The van der Waals surface area contributed by atoms with Gasteiger partial charge in [0.15, 0.2) is 0 Å². The summed E-state index contributed by atoms with van der Waals surface area (Å²) in [4.78, 5) is 13.3. The van der Waals surface area contributed by atoms with Crippen LogP contribution in [-0.4, -0.2) is 29.1 Å². The van der Waals surface area contributed by atoms with E-state index in [0.717, 1.165) is 5.56 Å². The lowest BCUT2D eigenvalue weighted by atomic mass is 10.2. The van der Waals surface area contributed by atoms with Crippen molar-refractivity contribution in [1.29, 1.82) is 0 Å². The Morgan fingerprint density at radius 3 is 2.82 bits per heavy atom. The highest BCUT2D eigenvalue weighted by Crippen LogP contribution is 2.08. The first-order valence-corrected chi connectivity index (χ1v) is 5.87. The molecule has 3 nitrogen and oxygen atoms in total. The Labute approximate surface area is 106 Å². The highest BCUT2D eigenvalue weighted by Gasteiger charge is 2.23. The van der Waals surface area contributed by atoms with Gasteiger partial charge < -0.3 is 4.74 Å². The van der Waals surface area contributed by atoms with E-state index in [0.29, 0.717) is 24.7 Å². The molecule has 1 amide bonds. The van der Waals surface area contributed by atoms with Crippen molar-refractivity contribution >= 4 is 29.4 Å². The standard InChI is InChI=1S/C13H13NO2S/c15-12(14-9-10-16-13(14)17)8-4-7-11-5-2-1-3-6-11/h1-7H,8-10H2/b7-4+. The van der Waals surface area contributed by atoms with Crippen LogP contribution in [-0.2, 0) is 9.53 Å². The molecular weight excluding hydrogens is 234 g/mol. The molecule has 0 aromatic heterocycles. The van der Waals surface area contributed by atoms with E-state index in [-0.39, 0.29) is 5.91 Å². The molecular formula is C13H13NO2S. The second kappa shape index (κ2) is 5.59. The molecule has 1 aliphatic heterocycles. The Bertz CT molecular complexity index is 442. The van der Waals surface area contributed by atoms with Crippen molar-refractivity contribution in [1.82, 2.24) is 4.90 Å². The van der Waals surface area contributed by atoms with Crippen LogP contribution in [0.15, 0.2) is 36.4 Å². The first kappa shape index (κ1) is 11.8. The fourth-order valence-electron chi connectivity index (χ4n) is 1.59. The molecule has 0 spiro atoms. The second-order valence-electron chi connectivity index (χ2n) is 3.68. The number of hydrogen-bond acceptors (Lipinski definition) is 3. The topological polar surface area (TPSA) is 29.5 Å². The van der Waals surface area contributed by atoms with Crippen LogP contribution in [0.25, 0.3) is 6.08 Å².